The van der Waals surface area contributed by atoms with Gasteiger partial charge >= 0.3 is 0 Å². The minimum absolute atomic E-state index is 0.581. The zero-order chi connectivity index (χ0) is 10.7. The van der Waals surface area contributed by atoms with Crippen LogP contribution in [0.15, 0.2) is 42.2 Å². The third kappa shape index (κ3) is 3.01. The van der Waals surface area contributed by atoms with Crippen molar-refractivity contribution in [2.45, 2.75) is 12.8 Å². The number of halogens is 2. The fourth-order valence-electron chi connectivity index (χ4n) is 1.39. The van der Waals surface area contributed by atoms with E-state index in [-0.39, 0.29) is 0 Å². The average molecular weight is 241 g/mol. The van der Waals surface area contributed by atoms with Gasteiger partial charge in [0.25, 0.3) is 0 Å². The highest BCUT2D eigenvalue weighted by Crippen LogP contribution is 2.26. The van der Waals surface area contributed by atoms with Crippen molar-refractivity contribution in [3.05, 3.63) is 52.2 Å². The molecular formula is C12H10Cl2O. The summed E-state index contributed by atoms with van der Waals surface area (Å²) in [7, 11) is 0. The summed E-state index contributed by atoms with van der Waals surface area (Å²) < 4.78 is 5.62. The molecule has 2 rings (SSSR count). The van der Waals surface area contributed by atoms with E-state index < -0.39 is 0 Å². The summed E-state index contributed by atoms with van der Waals surface area (Å²) in [5.41, 5.74) is 0. The molecule has 1 aliphatic carbocycles. The minimum atomic E-state index is 0.581. The number of ether oxygens (including phenoxy) is 1. The first-order valence-electron chi connectivity index (χ1n) is 4.75. The molecule has 0 radical (unpaired) electrons. The second kappa shape index (κ2) is 4.73. The summed E-state index contributed by atoms with van der Waals surface area (Å²) >= 11 is 11.7. The molecule has 0 saturated heterocycles. The topological polar surface area (TPSA) is 9.23 Å². The Kier molecular flexibility index (Phi) is 3.34. The summed E-state index contributed by atoms with van der Waals surface area (Å²) in [4.78, 5) is 0. The maximum Gasteiger partial charge on any atom is 0.130 e. The van der Waals surface area contributed by atoms with Crippen LogP contribution in [0.4, 0.5) is 0 Å². The van der Waals surface area contributed by atoms with E-state index in [2.05, 4.69) is 12.2 Å². The van der Waals surface area contributed by atoms with E-state index in [1.165, 1.54) is 0 Å². The van der Waals surface area contributed by atoms with Gasteiger partial charge in [-0.3, -0.25) is 0 Å². The van der Waals surface area contributed by atoms with E-state index in [0.29, 0.717) is 15.8 Å². The molecule has 0 fully saturated rings. The minimum Gasteiger partial charge on any atom is -0.458 e. The average Bonchev–Trinajstić information content (AvgIpc) is 2.17. The smallest absolute Gasteiger partial charge is 0.130 e. The predicted octanol–water partition coefficient (Wildman–Crippen LogP) is 4.61. The molecule has 78 valence electrons. The molecule has 1 aliphatic rings. The van der Waals surface area contributed by atoms with Crippen molar-refractivity contribution < 1.29 is 4.74 Å². The molecule has 0 saturated carbocycles. The van der Waals surface area contributed by atoms with Crippen molar-refractivity contribution in [1.82, 2.24) is 0 Å². The lowest BCUT2D eigenvalue weighted by molar-refractivity contribution is 0.439. The third-order valence-corrected chi connectivity index (χ3v) is 2.47. The van der Waals surface area contributed by atoms with Gasteiger partial charge in [0.2, 0.25) is 0 Å². The zero-order valence-electron chi connectivity index (χ0n) is 8.04. The van der Waals surface area contributed by atoms with Crippen molar-refractivity contribution >= 4 is 23.2 Å². The fourth-order valence-corrected chi connectivity index (χ4v) is 1.89. The van der Waals surface area contributed by atoms with Crippen LogP contribution >= 0.6 is 23.2 Å². The summed E-state index contributed by atoms with van der Waals surface area (Å²) in [6.45, 7) is 0. The second-order valence-electron chi connectivity index (χ2n) is 3.29. The highest BCUT2D eigenvalue weighted by Gasteiger charge is 2.03. The number of hydrogen-bond acceptors (Lipinski definition) is 1. The zero-order valence-corrected chi connectivity index (χ0v) is 9.55. The van der Waals surface area contributed by atoms with Crippen LogP contribution in [0.25, 0.3) is 0 Å². The van der Waals surface area contributed by atoms with E-state index in [1.807, 2.05) is 6.08 Å². The van der Waals surface area contributed by atoms with Crippen molar-refractivity contribution in [2.75, 3.05) is 0 Å². The van der Waals surface area contributed by atoms with Crippen LogP contribution in [0.2, 0.25) is 10.0 Å². The Morgan fingerprint density at radius 1 is 1.00 bits per heavy atom. The molecule has 0 amide bonds. The molecule has 1 nitrogen and oxygen atoms in total. The Labute approximate surface area is 99.0 Å². The Morgan fingerprint density at radius 3 is 2.33 bits per heavy atom. The molecule has 1 aromatic rings. The molecule has 0 unspecified atom stereocenters. The van der Waals surface area contributed by atoms with Gasteiger partial charge in [-0.05, 0) is 43.2 Å². The van der Waals surface area contributed by atoms with Crippen LogP contribution in [0.5, 0.6) is 5.75 Å². The quantitative estimate of drug-likeness (QED) is 0.734. The maximum absolute atomic E-state index is 5.87. The monoisotopic (exact) mass is 240 g/mol. The lowest BCUT2D eigenvalue weighted by Gasteiger charge is -2.09. The molecule has 15 heavy (non-hydrogen) atoms. The van der Waals surface area contributed by atoms with E-state index >= 15 is 0 Å². The first-order chi connectivity index (χ1) is 7.24. The summed E-state index contributed by atoms with van der Waals surface area (Å²) in [6, 6.07) is 5.18. The van der Waals surface area contributed by atoms with Gasteiger partial charge in [0.15, 0.2) is 0 Å². The molecule has 0 spiro atoms. The fraction of sp³-hybridized carbons (Fsp3) is 0.167. The summed E-state index contributed by atoms with van der Waals surface area (Å²) in [5.74, 6) is 1.52. The van der Waals surface area contributed by atoms with Gasteiger partial charge in [0.05, 0.1) is 0 Å². The van der Waals surface area contributed by atoms with Crippen LogP contribution in [0, 0.1) is 0 Å². The van der Waals surface area contributed by atoms with Crippen molar-refractivity contribution in [1.29, 1.82) is 0 Å². The Balaban J connectivity index is 2.16. The van der Waals surface area contributed by atoms with Crippen LogP contribution in [-0.4, -0.2) is 0 Å². The Bertz CT molecular complexity index is 401. The highest BCUT2D eigenvalue weighted by molar-refractivity contribution is 6.34. The molecule has 0 aliphatic heterocycles. The second-order valence-corrected chi connectivity index (χ2v) is 4.17. The van der Waals surface area contributed by atoms with E-state index in [0.717, 1.165) is 18.6 Å². The van der Waals surface area contributed by atoms with Crippen LogP contribution in [0.3, 0.4) is 0 Å². The van der Waals surface area contributed by atoms with Gasteiger partial charge in [0.1, 0.15) is 11.5 Å². The van der Waals surface area contributed by atoms with Crippen LogP contribution < -0.4 is 4.74 Å². The summed E-state index contributed by atoms with van der Waals surface area (Å²) in [6.07, 6.45) is 8.18. The van der Waals surface area contributed by atoms with E-state index in [4.69, 9.17) is 27.9 Å². The number of rotatable bonds is 2. The molecule has 0 N–H and O–H groups in total. The largest absolute Gasteiger partial charge is 0.458 e. The lowest BCUT2D eigenvalue weighted by atomic mass is 10.2. The highest BCUT2D eigenvalue weighted by atomic mass is 35.5. The summed E-state index contributed by atoms with van der Waals surface area (Å²) in [5, 5.41) is 1.16. The molecule has 0 atom stereocenters. The van der Waals surface area contributed by atoms with E-state index in [1.54, 1.807) is 18.2 Å². The number of hydrogen-bond donors (Lipinski definition) is 0. The Morgan fingerprint density at radius 2 is 1.73 bits per heavy atom. The molecule has 3 heteroatoms. The third-order valence-electron chi connectivity index (χ3n) is 2.03. The molecular weight excluding hydrogens is 231 g/mol. The SMILES string of the molecule is Clc1cc(Cl)cc(OC2=CCCC=C2)c1. The van der Waals surface area contributed by atoms with Gasteiger partial charge < -0.3 is 4.74 Å². The Hall–Kier alpha value is -0.920. The van der Waals surface area contributed by atoms with Gasteiger partial charge in [-0.15, -0.1) is 0 Å². The van der Waals surface area contributed by atoms with Crippen molar-refractivity contribution in [3.8, 4) is 5.75 Å². The standard InChI is InChI=1S/C12H10Cl2O/c13-9-6-10(14)8-12(7-9)15-11-4-2-1-3-5-11/h2,4-8H,1,3H2. The van der Waals surface area contributed by atoms with E-state index in [9.17, 15) is 0 Å². The van der Waals surface area contributed by atoms with Gasteiger partial charge in [-0.2, -0.15) is 0 Å². The molecule has 0 heterocycles. The molecule has 0 bridgehead atoms. The first kappa shape index (κ1) is 10.6. The van der Waals surface area contributed by atoms with Crippen LogP contribution in [-0.2, 0) is 0 Å². The van der Waals surface area contributed by atoms with Gasteiger partial charge in [-0.25, -0.2) is 0 Å². The van der Waals surface area contributed by atoms with Gasteiger partial charge in [0, 0.05) is 10.0 Å². The van der Waals surface area contributed by atoms with Crippen molar-refractivity contribution in [3.63, 3.8) is 0 Å². The lowest BCUT2D eigenvalue weighted by Crippen LogP contribution is -1.95. The molecule has 1 aromatic carbocycles. The molecule has 0 aromatic heterocycles. The van der Waals surface area contributed by atoms with Crippen molar-refractivity contribution in [2.24, 2.45) is 0 Å². The van der Waals surface area contributed by atoms with Gasteiger partial charge in [-0.1, -0.05) is 29.3 Å². The number of allylic oxidation sites excluding steroid dienone is 3. The normalized spacial score (nSPS) is 14.9. The van der Waals surface area contributed by atoms with Crippen LogP contribution in [0.1, 0.15) is 12.8 Å². The number of benzene rings is 1. The maximum atomic E-state index is 5.87. The first-order valence-corrected chi connectivity index (χ1v) is 5.50. The predicted molar refractivity (Wildman–Crippen MR) is 63.5 cm³/mol.